The highest BCUT2D eigenvalue weighted by atomic mass is 16.4. The number of carboxylic acids is 1. The number of carboxylic acid groups (broad SMARTS) is 1. The summed E-state index contributed by atoms with van der Waals surface area (Å²) < 4.78 is 0. The number of amides is 1. The molecule has 2 rings (SSSR count). The Kier molecular flexibility index (Phi) is 4.08. The molecule has 114 valence electrons. The Morgan fingerprint density at radius 2 is 1.81 bits per heavy atom. The van der Waals surface area contributed by atoms with Crippen molar-refractivity contribution in [3.63, 3.8) is 0 Å². The molecule has 1 aromatic carbocycles. The van der Waals surface area contributed by atoms with Crippen LogP contribution in [0.5, 0.6) is 0 Å². The third-order valence-electron chi connectivity index (χ3n) is 4.43. The number of nitrogens with one attached hydrogen (secondary N) is 1. The van der Waals surface area contributed by atoms with Gasteiger partial charge < -0.3 is 10.4 Å². The molecule has 0 radical (unpaired) electrons. The number of carbonyl (C=O) groups is 2. The molecule has 0 saturated heterocycles. The molecule has 1 aromatic rings. The maximum absolute atomic E-state index is 12.1. The van der Waals surface area contributed by atoms with Gasteiger partial charge in [0.1, 0.15) is 5.41 Å². The zero-order valence-electron chi connectivity index (χ0n) is 12.9. The lowest BCUT2D eigenvalue weighted by atomic mass is 9.84. The number of benzene rings is 1. The SMILES string of the molecule is CCc1ccc(C(C)(C)CNC(=O)C2(C(=O)O)CC2)cc1. The maximum atomic E-state index is 12.1. The lowest BCUT2D eigenvalue weighted by molar-refractivity contribution is -0.149. The number of carbonyl (C=O) groups excluding carboxylic acids is 1. The summed E-state index contributed by atoms with van der Waals surface area (Å²) in [5.41, 5.74) is 1.03. The van der Waals surface area contributed by atoms with Crippen molar-refractivity contribution in [2.24, 2.45) is 5.41 Å². The topological polar surface area (TPSA) is 66.4 Å². The van der Waals surface area contributed by atoms with Gasteiger partial charge in [-0.05, 0) is 30.4 Å². The quantitative estimate of drug-likeness (QED) is 0.791. The molecule has 2 N–H and O–H groups in total. The Labute approximate surface area is 125 Å². The van der Waals surface area contributed by atoms with Crippen molar-refractivity contribution in [2.75, 3.05) is 6.54 Å². The molecule has 0 atom stereocenters. The highest BCUT2D eigenvalue weighted by Crippen LogP contribution is 2.46. The first-order valence-electron chi connectivity index (χ1n) is 7.43. The number of hydrogen-bond acceptors (Lipinski definition) is 2. The van der Waals surface area contributed by atoms with Gasteiger partial charge in [-0.3, -0.25) is 9.59 Å². The summed E-state index contributed by atoms with van der Waals surface area (Å²) >= 11 is 0. The van der Waals surface area contributed by atoms with Crippen LogP contribution in [0.3, 0.4) is 0 Å². The van der Waals surface area contributed by atoms with E-state index in [0.29, 0.717) is 19.4 Å². The van der Waals surface area contributed by atoms with Crippen molar-refractivity contribution < 1.29 is 14.7 Å². The Morgan fingerprint density at radius 1 is 1.24 bits per heavy atom. The van der Waals surface area contributed by atoms with E-state index in [-0.39, 0.29) is 11.3 Å². The van der Waals surface area contributed by atoms with Crippen LogP contribution in [0.2, 0.25) is 0 Å². The molecule has 1 amide bonds. The third-order valence-corrected chi connectivity index (χ3v) is 4.43. The van der Waals surface area contributed by atoms with Crippen LogP contribution in [0.1, 0.15) is 44.7 Å². The molecular formula is C17H23NO3. The predicted molar refractivity (Wildman–Crippen MR) is 81.2 cm³/mol. The Hall–Kier alpha value is -1.84. The van der Waals surface area contributed by atoms with Crippen LogP contribution >= 0.6 is 0 Å². The molecule has 1 fully saturated rings. The zero-order valence-corrected chi connectivity index (χ0v) is 12.9. The van der Waals surface area contributed by atoms with Gasteiger partial charge >= 0.3 is 5.97 Å². The van der Waals surface area contributed by atoms with Gasteiger partial charge in [-0.2, -0.15) is 0 Å². The highest BCUT2D eigenvalue weighted by Gasteiger charge is 2.57. The fourth-order valence-electron chi connectivity index (χ4n) is 2.43. The zero-order chi connectivity index (χ0) is 15.7. The average Bonchev–Trinajstić information content (AvgIpc) is 3.26. The summed E-state index contributed by atoms with van der Waals surface area (Å²) in [5.74, 6) is -1.36. The molecule has 0 bridgehead atoms. The largest absolute Gasteiger partial charge is 0.480 e. The summed E-state index contributed by atoms with van der Waals surface area (Å²) in [4.78, 5) is 23.2. The maximum Gasteiger partial charge on any atom is 0.319 e. The second-order valence-corrected chi connectivity index (χ2v) is 6.50. The molecule has 0 heterocycles. The minimum atomic E-state index is -1.16. The fourth-order valence-corrected chi connectivity index (χ4v) is 2.43. The van der Waals surface area contributed by atoms with Crippen LogP contribution in [-0.2, 0) is 21.4 Å². The van der Waals surface area contributed by atoms with E-state index in [2.05, 4.69) is 50.4 Å². The molecule has 1 saturated carbocycles. The van der Waals surface area contributed by atoms with Gasteiger partial charge in [0.05, 0.1) is 0 Å². The van der Waals surface area contributed by atoms with Crippen molar-refractivity contribution in [2.45, 2.75) is 45.4 Å². The van der Waals surface area contributed by atoms with Crippen LogP contribution in [0.25, 0.3) is 0 Å². The van der Waals surface area contributed by atoms with Crippen molar-refractivity contribution in [1.29, 1.82) is 0 Å². The van der Waals surface area contributed by atoms with Gasteiger partial charge in [0.25, 0.3) is 0 Å². The number of aryl methyl sites for hydroxylation is 1. The second-order valence-electron chi connectivity index (χ2n) is 6.50. The third kappa shape index (κ3) is 3.09. The summed E-state index contributed by atoms with van der Waals surface area (Å²) in [6.07, 6.45) is 1.89. The normalized spacial score (nSPS) is 16.3. The Bertz CT molecular complexity index is 542. The molecular weight excluding hydrogens is 266 g/mol. The molecule has 0 aliphatic heterocycles. The molecule has 4 heteroatoms. The smallest absolute Gasteiger partial charge is 0.319 e. The first-order chi connectivity index (χ1) is 9.82. The molecule has 21 heavy (non-hydrogen) atoms. The average molecular weight is 289 g/mol. The summed E-state index contributed by atoms with van der Waals surface area (Å²) in [6.45, 7) is 6.65. The van der Waals surface area contributed by atoms with Crippen LogP contribution in [0.4, 0.5) is 0 Å². The van der Waals surface area contributed by atoms with E-state index in [1.165, 1.54) is 5.56 Å². The van der Waals surface area contributed by atoms with Crippen molar-refractivity contribution in [3.05, 3.63) is 35.4 Å². The predicted octanol–water partition coefficient (Wildman–Crippen LogP) is 2.51. The van der Waals surface area contributed by atoms with Gasteiger partial charge in [-0.1, -0.05) is 45.0 Å². The van der Waals surface area contributed by atoms with E-state index in [0.717, 1.165) is 12.0 Å². The molecule has 1 aliphatic carbocycles. The molecule has 0 spiro atoms. The van der Waals surface area contributed by atoms with Gasteiger partial charge in [0, 0.05) is 12.0 Å². The lowest BCUT2D eigenvalue weighted by Crippen LogP contribution is -2.42. The highest BCUT2D eigenvalue weighted by molar-refractivity contribution is 6.04. The second kappa shape index (κ2) is 5.51. The first kappa shape index (κ1) is 15.5. The molecule has 0 aromatic heterocycles. The Morgan fingerprint density at radius 3 is 2.24 bits per heavy atom. The lowest BCUT2D eigenvalue weighted by Gasteiger charge is -2.26. The van der Waals surface area contributed by atoms with Gasteiger partial charge in [0.2, 0.25) is 5.91 Å². The summed E-state index contributed by atoms with van der Waals surface area (Å²) in [5, 5.41) is 11.9. The van der Waals surface area contributed by atoms with Crippen LogP contribution in [0.15, 0.2) is 24.3 Å². The standard InChI is InChI=1S/C17H23NO3/c1-4-12-5-7-13(8-6-12)16(2,3)11-18-14(19)17(9-10-17)15(20)21/h5-8H,4,9-11H2,1-3H3,(H,18,19)(H,20,21). The molecule has 0 unspecified atom stereocenters. The summed E-state index contributed by atoms with van der Waals surface area (Å²) in [6, 6.07) is 8.35. The van der Waals surface area contributed by atoms with Crippen molar-refractivity contribution in [1.82, 2.24) is 5.32 Å². The van der Waals surface area contributed by atoms with Crippen LogP contribution in [-0.4, -0.2) is 23.5 Å². The van der Waals surface area contributed by atoms with Crippen molar-refractivity contribution in [3.8, 4) is 0 Å². The van der Waals surface area contributed by atoms with Gasteiger partial charge in [0.15, 0.2) is 0 Å². The molecule has 1 aliphatic rings. The van der Waals surface area contributed by atoms with E-state index in [1.54, 1.807) is 0 Å². The van der Waals surface area contributed by atoms with E-state index < -0.39 is 11.4 Å². The number of rotatable bonds is 6. The molecule has 4 nitrogen and oxygen atoms in total. The Balaban J connectivity index is 2.00. The van der Waals surface area contributed by atoms with E-state index >= 15 is 0 Å². The van der Waals surface area contributed by atoms with Crippen molar-refractivity contribution >= 4 is 11.9 Å². The number of aliphatic carboxylic acids is 1. The van der Waals surface area contributed by atoms with E-state index in [9.17, 15) is 9.59 Å². The summed E-state index contributed by atoms with van der Waals surface area (Å²) in [7, 11) is 0. The van der Waals surface area contributed by atoms with Gasteiger partial charge in [-0.25, -0.2) is 0 Å². The first-order valence-corrected chi connectivity index (χ1v) is 7.43. The minimum Gasteiger partial charge on any atom is -0.480 e. The van der Waals surface area contributed by atoms with Crippen LogP contribution in [0, 0.1) is 5.41 Å². The fraction of sp³-hybridized carbons (Fsp3) is 0.529. The monoisotopic (exact) mass is 289 g/mol. The van der Waals surface area contributed by atoms with E-state index in [4.69, 9.17) is 5.11 Å². The van der Waals surface area contributed by atoms with Gasteiger partial charge in [-0.15, -0.1) is 0 Å². The number of hydrogen-bond donors (Lipinski definition) is 2. The van der Waals surface area contributed by atoms with Crippen LogP contribution < -0.4 is 5.32 Å². The van der Waals surface area contributed by atoms with E-state index in [1.807, 2.05) is 0 Å². The minimum absolute atomic E-state index is 0.226.